The van der Waals surface area contributed by atoms with E-state index in [1.807, 2.05) is 30.3 Å². The summed E-state index contributed by atoms with van der Waals surface area (Å²) in [5.74, 6) is 0.171. The number of ether oxygens (including phenoxy) is 1. The molecule has 0 aliphatic carbocycles. The van der Waals surface area contributed by atoms with E-state index in [2.05, 4.69) is 0 Å². The number of fused-ring (bicyclic) bond motifs is 1. The maximum Gasteiger partial charge on any atom is 0.233 e. The lowest BCUT2D eigenvalue weighted by Gasteiger charge is -2.31. The molecule has 0 fully saturated rings. The Morgan fingerprint density at radius 2 is 1.95 bits per heavy atom. The third kappa shape index (κ3) is 2.73. The Hall–Kier alpha value is -2.40. The maximum atomic E-state index is 10.9. The molecule has 2 aromatic carbocycles. The summed E-state index contributed by atoms with van der Waals surface area (Å²) in [5, 5.41) is 20.9. The lowest BCUT2D eigenvalue weighted by molar-refractivity contribution is -0.494. The molecular formula is C16H15NO4. The second kappa shape index (κ2) is 5.54. The first-order chi connectivity index (χ1) is 10.1. The van der Waals surface area contributed by atoms with Gasteiger partial charge in [0.1, 0.15) is 11.9 Å². The highest BCUT2D eigenvalue weighted by Crippen LogP contribution is 2.40. The molecule has 1 N–H and O–H groups in total. The van der Waals surface area contributed by atoms with Gasteiger partial charge in [-0.25, -0.2) is 0 Å². The summed E-state index contributed by atoms with van der Waals surface area (Å²) >= 11 is 0. The minimum atomic E-state index is -0.638. The Morgan fingerprint density at radius 3 is 2.67 bits per heavy atom. The van der Waals surface area contributed by atoms with Crippen LogP contribution in [0.25, 0.3) is 0 Å². The van der Waals surface area contributed by atoms with Gasteiger partial charge in [-0.3, -0.25) is 10.1 Å². The molecule has 0 radical (unpaired) electrons. The Kier molecular flexibility index (Phi) is 3.58. The molecule has 1 heterocycles. The fraction of sp³-hybridized carbons (Fsp3) is 0.250. The molecule has 108 valence electrons. The van der Waals surface area contributed by atoms with Crippen LogP contribution in [0.3, 0.4) is 0 Å². The Balaban J connectivity index is 1.99. The van der Waals surface area contributed by atoms with Crippen molar-refractivity contribution >= 4 is 0 Å². The predicted molar refractivity (Wildman–Crippen MR) is 76.7 cm³/mol. The van der Waals surface area contributed by atoms with E-state index in [1.54, 1.807) is 18.2 Å². The van der Waals surface area contributed by atoms with Gasteiger partial charge in [0, 0.05) is 16.9 Å². The molecule has 0 spiro atoms. The monoisotopic (exact) mass is 285 g/mol. The molecule has 0 saturated heterocycles. The normalized spacial score (nSPS) is 20.8. The van der Waals surface area contributed by atoms with E-state index in [0.29, 0.717) is 12.0 Å². The van der Waals surface area contributed by atoms with E-state index in [1.165, 1.54) is 0 Å². The van der Waals surface area contributed by atoms with E-state index in [4.69, 9.17) is 4.74 Å². The molecule has 21 heavy (non-hydrogen) atoms. The Bertz CT molecular complexity index is 657. The average molecular weight is 285 g/mol. The molecule has 5 nitrogen and oxygen atoms in total. The Labute approximate surface area is 122 Å². The van der Waals surface area contributed by atoms with Crippen LogP contribution >= 0.6 is 0 Å². The SMILES string of the molecule is O=[N+]([O-])CC1OC(c2ccccc2)Cc2c(O)cccc21. The van der Waals surface area contributed by atoms with Crippen molar-refractivity contribution in [2.45, 2.75) is 18.6 Å². The van der Waals surface area contributed by atoms with Gasteiger partial charge in [-0.15, -0.1) is 0 Å². The van der Waals surface area contributed by atoms with Crippen LogP contribution in [-0.2, 0) is 11.2 Å². The lowest BCUT2D eigenvalue weighted by Crippen LogP contribution is -2.25. The fourth-order valence-corrected chi connectivity index (χ4v) is 2.76. The van der Waals surface area contributed by atoms with E-state index in [9.17, 15) is 15.2 Å². The number of aromatic hydroxyl groups is 1. The number of nitro groups is 1. The fourth-order valence-electron chi connectivity index (χ4n) is 2.76. The van der Waals surface area contributed by atoms with Crippen LogP contribution in [0.15, 0.2) is 48.5 Å². The second-order valence-corrected chi connectivity index (χ2v) is 5.09. The Morgan fingerprint density at radius 1 is 1.19 bits per heavy atom. The van der Waals surface area contributed by atoms with Crippen LogP contribution in [-0.4, -0.2) is 16.6 Å². The molecule has 2 unspecified atom stereocenters. The molecule has 5 heteroatoms. The summed E-state index contributed by atoms with van der Waals surface area (Å²) in [6.45, 7) is -0.306. The van der Waals surface area contributed by atoms with Crippen LogP contribution in [0.2, 0.25) is 0 Å². The van der Waals surface area contributed by atoms with Crippen LogP contribution in [0.4, 0.5) is 0 Å². The van der Waals surface area contributed by atoms with Crippen LogP contribution in [0.5, 0.6) is 5.75 Å². The number of nitrogens with zero attached hydrogens (tertiary/aromatic N) is 1. The van der Waals surface area contributed by atoms with Crippen LogP contribution in [0, 0.1) is 10.1 Å². The van der Waals surface area contributed by atoms with E-state index in [0.717, 1.165) is 11.1 Å². The van der Waals surface area contributed by atoms with Crippen LogP contribution < -0.4 is 0 Å². The molecule has 0 amide bonds. The first-order valence-electron chi connectivity index (χ1n) is 6.78. The first kappa shape index (κ1) is 13.6. The summed E-state index contributed by atoms with van der Waals surface area (Å²) < 4.78 is 5.91. The van der Waals surface area contributed by atoms with Crippen molar-refractivity contribution < 1.29 is 14.8 Å². The van der Waals surface area contributed by atoms with E-state index in [-0.39, 0.29) is 23.3 Å². The topological polar surface area (TPSA) is 72.6 Å². The van der Waals surface area contributed by atoms with Crippen LogP contribution in [0.1, 0.15) is 28.9 Å². The van der Waals surface area contributed by atoms with Gasteiger partial charge >= 0.3 is 0 Å². The number of phenols is 1. The zero-order valence-electron chi connectivity index (χ0n) is 11.3. The van der Waals surface area contributed by atoms with E-state index >= 15 is 0 Å². The van der Waals surface area contributed by atoms with E-state index < -0.39 is 6.10 Å². The number of rotatable bonds is 3. The van der Waals surface area contributed by atoms with Gasteiger partial charge in [0.15, 0.2) is 0 Å². The van der Waals surface area contributed by atoms with Crippen molar-refractivity contribution in [2.75, 3.05) is 6.54 Å². The number of hydrogen-bond donors (Lipinski definition) is 1. The molecule has 0 aromatic heterocycles. The highest BCUT2D eigenvalue weighted by molar-refractivity contribution is 5.43. The lowest BCUT2D eigenvalue weighted by atomic mass is 9.90. The molecule has 1 aliphatic heterocycles. The van der Waals surface area contributed by atoms with Gasteiger partial charge in [0.25, 0.3) is 0 Å². The highest BCUT2D eigenvalue weighted by atomic mass is 16.6. The minimum Gasteiger partial charge on any atom is -0.508 e. The summed E-state index contributed by atoms with van der Waals surface area (Å²) in [5.41, 5.74) is 2.41. The van der Waals surface area contributed by atoms with Crippen molar-refractivity contribution in [3.8, 4) is 5.75 Å². The van der Waals surface area contributed by atoms with Crippen molar-refractivity contribution in [3.63, 3.8) is 0 Å². The summed E-state index contributed by atoms with van der Waals surface area (Å²) in [4.78, 5) is 10.5. The van der Waals surface area contributed by atoms with Crippen molar-refractivity contribution in [1.29, 1.82) is 0 Å². The quantitative estimate of drug-likeness (QED) is 0.695. The predicted octanol–water partition coefficient (Wildman–Crippen LogP) is 3.02. The molecular weight excluding hydrogens is 270 g/mol. The summed E-state index contributed by atoms with van der Waals surface area (Å²) in [6.07, 6.45) is -0.404. The summed E-state index contributed by atoms with van der Waals surface area (Å²) in [6, 6.07) is 14.7. The molecule has 3 rings (SSSR count). The van der Waals surface area contributed by atoms with Crippen molar-refractivity contribution in [2.24, 2.45) is 0 Å². The first-order valence-corrected chi connectivity index (χ1v) is 6.78. The number of benzene rings is 2. The maximum absolute atomic E-state index is 10.9. The van der Waals surface area contributed by atoms with Gasteiger partial charge < -0.3 is 9.84 Å². The molecule has 0 bridgehead atoms. The van der Waals surface area contributed by atoms with Crippen molar-refractivity contribution in [1.82, 2.24) is 0 Å². The standard InChI is InChI=1S/C16H15NO4/c18-14-8-4-7-12-13(14)9-15(11-5-2-1-3-6-11)21-16(12)10-17(19)20/h1-8,15-16,18H,9-10H2. The van der Waals surface area contributed by atoms with Gasteiger partial charge in [0.05, 0.1) is 6.10 Å². The summed E-state index contributed by atoms with van der Waals surface area (Å²) in [7, 11) is 0. The number of hydrogen-bond acceptors (Lipinski definition) is 4. The molecule has 0 saturated carbocycles. The zero-order chi connectivity index (χ0) is 14.8. The average Bonchev–Trinajstić information content (AvgIpc) is 2.48. The zero-order valence-corrected chi connectivity index (χ0v) is 11.3. The number of phenolic OH excluding ortho intramolecular Hbond substituents is 1. The van der Waals surface area contributed by atoms with Gasteiger partial charge in [0.2, 0.25) is 6.54 Å². The largest absolute Gasteiger partial charge is 0.508 e. The second-order valence-electron chi connectivity index (χ2n) is 5.09. The van der Waals surface area contributed by atoms with Gasteiger partial charge in [-0.05, 0) is 17.2 Å². The van der Waals surface area contributed by atoms with Gasteiger partial charge in [-0.2, -0.15) is 0 Å². The molecule has 2 aromatic rings. The van der Waals surface area contributed by atoms with Gasteiger partial charge in [-0.1, -0.05) is 42.5 Å². The highest BCUT2D eigenvalue weighted by Gasteiger charge is 2.32. The van der Waals surface area contributed by atoms with Crippen molar-refractivity contribution in [3.05, 3.63) is 75.3 Å². The smallest absolute Gasteiger partial charge is 0.233 e. The minimum absolute atomic E-state index is 0.171. The molecule has 2 atom stereocenters. The third-order valence-electron chi connectivity index (χ3n) is 3.74. The molecule has 1 aliphatic rings. The third-order valence-corrected chi connectivity index (χ3v) is 3.74.